The molecular formula is C24H18Cl4O2S. The molecule has 7 heteroatoms. The Bertz CT molecular complexity index is 1110. The van der Waals surface area contributed by atoms with Crippen molar-refractivity contribution in [1.29, 1.82) is 0 Å². The molecule has 0 aliphatic heterocycles. The lowest BCUT2D eigenvalue weighted by atomic mass is 9.90. The Kier molecular flexibility index (Phi) is 6.19. The molecule has 160 valence electrons. The van der Waals surface area contributed by atoms with Crippen LogP contribution >= 0.6 is 46.4 Å². The molecule has 0 aromatic heterocycles. The van der Waals surface area contributed by atoms with Crippen molar-refractivity contribution in [2.75, 3.05) is 0 Å². The molecule has 0 spiro atoms. The molecule has 2 nitrogen and oxygen atoms in total. The molecule has 0 saturated carbocycles. The van der Waals surface area contributed by atoms with E-state index in [1.807, 2.05) is 36.4 Å². The van der Waals surface area contributed by atoms with Crippen molar-refractivity contribution in [3.63, 3.8) is 0 Å². The summed E-state index contributed by atoms with van der Waals surface area (Å²) in [4.78, 5) is -2.71. The second-order valence-corrected chi connectivity index (χ2v) is 11.8. The topological polar surface area (TPSA) is 34.1 Å². The van der Waals surface area contributed by atoms with Crippen molar-refractivity contribution < 1.29 is 8.42 Å². The van der Waals surface area contributed by atoms with Crippen LogP contribution in [-0.4, -0.2) is 18.9 Å². The standard InChI is InChI=1S/C24H18Cl4O2S/c25-19-11-13-23(27,17-7-3-1-4-8-17)21(15-19)31(29,30)22-16-20(26)12-14-24(22,28)18-9-5-2-6-10-18/h1-16,21-22H. The van der Waals surface area contributed by atoms with Crippen molar-refractivity contribution in [3.05, 3.63) is 118 Å². The number of hydrogen-bond acceptors (Lipinski definition) is 2. The van der Waals surface area contributed by atoms with Gasteiger partial charge in [-0.25, -0.2) is 8.42 Å². The minimum Gasteiger partial charge on any atom is -0.227 e. The molecule has 4 atom stereocenters. The summed E-state index contributed by atoms with van der Waals surface area (Å²) >= 11 is 26.6. The quantitative estimate of drug-likeness (QED) is 0.423. The average molecular weight is 512 g/mol. The molecule has 0 N–H and O–H groups in total. The van der Waals surface area contributed by atoms with Gasteiger partial charge in [0.1, 0.15) is 20.2 Å². The molecule has 4 rings (SSSR count). The van der Waals surface area contributed by atoms with Crippen LogP contribution in [0.15, 0.2) is 107 Å². The highest BCUT2D eigenvalue weighted by molar-refractivity contribution is 7.93. The van der Waals surface area contributed by atoms with Crippen LogP contribution in [0.1, 0.15) is 11.1 Å². The maximum Gasteiger partial charge on any atom is 0.168 e. The minimum absolute atomic E-state index is 0.294. The van der Waals surface area contributed by atoms with E-state index in [4.69, 9.17) is 46.4 Å². The van der Waals surface area contributed by atoms with Gasteiger partial charge in [-0.05, 0) is 35.4 Å². The summed E-state index contributed by atoms with van der Waals surface area (Å²) in [5.74, 6) is 0. The molecule has 0 heterocycles. The van der Waals surface area contributed by atoms with Crippen molar-refractivity contribution in [2.45, 2.75) is 20.2 Å². The highest BCUT2D eigenvalue weighted by Gasteiger charge is 2.53. The van der Waals surface area contributed by atoms with Gasteiger partial charge in [-0.2, -0.15) is 0 Å². The van der Waals surface area contributed by atoms with E-state index in [9.17, 15) is 8.42 Å². The SMILES string of the molecule is O=S(=O)(C1C=C(Cl)C=CC1(Cl)c1ccccc1)C1C=C(Cl)C=CC1(Cl)c1ccccc1. The zero-order valence-corrected chi connectivity index (χ0v) is 20.0. The minimum atomic E-state index is -4.05. The summed E-state index contributed by atoms with van der Waals surface area (Å²) in [7, 11) is -4.05. The van der Waals surface area contributed by atoms with Crippen LogP contribution in [0.5, 0.6) is 0 Å². The zero-order chi connectivity index (χ0) is 22.3. The molecule has 0 fully saturated rings. The molecule has 31 heavy (non-hydrogen) atoms. The van der Waals surface area contributed by atoms with Gasteiger partial charge < -0.3 is 0 Å². The zero-order valence-electron chi connectivity index (χ0n) is 16.1. The molecule has 2 aromatic rings. The van der Waals surface area contributed by atoms with Crippen LogP contribution in [0.3, 0.4) is 0 Å². The first-order chi connectivity index (χ1) is 14.7. The van der Waals surface area contributed by atoms with Crippen LogP contribution in [-0.2, 0) is 19.6 Å². The van der Waals surface area contributed by atoms with Gasteiger partial charge in [0.25, 0.3) is 0 Å². The molecule has 0 radical (unpaired) electrons. The summed E-state index contributed by atoms with van der Waals surface area (Å²) in [6.45, 7) is 0. The van der Waals surface area contributed by atoms with E-state index in [0.29, 0.717) is 21.2 Å². The van der Waals surface area contributed by atoms with E-state index in [0.717, 1.165) is 0 Å². The molecule has 0 bridgehead atoms. The molecular weight excluding hydrogens is 494 g/mol. The van der Waals surface area contributed by atoms with Crippen molar-refractivity contribution in [2.24, 2.45) is 0 Å². The number of hydrogen-bond donors (Lipinski definition) is 0. The monoisotopic (exact) mass is 510 g/mol. The van der Waals surface area contributed by atoms with E-state index in [1.165, 1.54) is 12.2 Å². The second kappa shape index (κ2) is 8.46. The average Bonchev–Trinajstić information content (AvgIpc) is 2.78. The smallest absolute Gasteiger partial charge is 0.168 e. The van der Waals surface area contributed by atoms with Crippen LogP contribution in [0, 0.1) is 0 Å². The van der Waals surface area contributed by atoms with Crippen LogP contribution in [0.4, 0.5) is 0 Å². The van der Waals surface area contributed by atoms with Crippen molar-refractivity contribution in [1.82, 2.24) is 0 Å². The Labute approximate surface area is 202 Å². The molecule has 4 unspecified atom stereocenters. The fourth-order valence-electron chi connectivity index (χ4n) is 3.97. The number of benzene rings is 2. The van der Waals surface area contributed by atoms with Gasteiger partial charge in [-0.3, -0.25) is 0 Å². The predicted octanol–water partition coefficient (Wildman–Crippen LogP) is 6.79. The van der Waals surface area contributed by atoms with Crippen LogP contribution < -0.4 is 0 Å². The lowest BCUT2D eigenvalue weighted by Crippen LogP contribution is -2.49. The lowest BCUT2D eigenvalue weighted by molar-refractivity contribution is 0.555. The first-order valence-electron chi connectivity index (χ1n) is 9.52. The van der Waals surface area contributed by atoms with Gasteiger partial charge in [-0.15, -0.1) is 23.2 Å². The van der Waals surface area contributed by atoms with Gasteiger partial charge >= 0.3 is 0 Å². The normalized spacial score (nSPS) is 30.6. The van der Waals surface area contributed by atoms with E-state index < -0.39 is 30.1 Å². The highest BCUT2D eigenvalue weighted by Crippen LogP contribution is 2.49. The number of halogens is 4. The molecule has 2 aromatic carbocycles. The Hall–Kier alpha value is -1.49. The van der Waals surface area contributed by atoms with Crippen LogP contribution in [0.2, 0.25) is 0 Å². The van der Waals surface area contributed by atoms with E-state index in [1.54, 1.807) is 48.6 Å². The van der Waals surface area contributed by atoms with E-state index >= 15 is 0 Å². The van der Waals surface area contributed by atoms with Gasteiger partial charge in [0.15, 0.2) is 9.84 Å². The van der Waals surface area contributed by atoms with Gasteiger partial charge in [0.2, 0.25) is 0 Å². The van der Waals surface area contributed by atoms with Crippen molar-refractivity contribution >= 4 is 56.2 Å². The van der Waals surface area contributed by atoms with E-state index in [-0.39, 0.29) is 0 Å². The van der Waals surface area contributed by atoms with Crippen molar-refractivity contribution in [3.8, 4) is 0 Å². The summed E-state index contributed by atoms with van der Waals surface area (Å²) < 4.78 is 28.3. The third kappa shape index (κ3) is 4.03. The summed E-state index contributed by atoms with van der Waals surface area (Å²) in [5.41, 5.74) is 1.28. The summed E-state index contributed by atoms with van der Waals surface area (Å²) in [5, 5.41) is -1.74. The second-order valence-electron chi connectivity index (χ2n) is 7.47. The van der Waals surface area contributed by atoms with Gasteiger partial charge in [-0.1, -0.05) is 96.0 Å². The molecule has 2 aliphatic rings. The third-order valence-corrected chi connectivity index (χ3v) is 9.91. The Morgan fingerprint density at radius 3 is 1.35 bits per heavy atom. The fourth-order valence-corrected chi connectivity index (χ4v) is 8.12. The number of sulfone groups is 1. The highest BCUT2D eigenvalue weighted by atomic mass is 35.5. The van der Waals surface area contributed by atoms with Gasteiger partial charge in [0.05, 0.1) is 0 Å². The number of allylic oxidation sites excluding steroid dienone is 6. The number of alkyl halides is 2. The largest absolute Gasteiger partial charge is 0.227 e. The van der Waals surface area contributed by atoms with E-state index in [2.05, 4.69) is 0 Å². The Balaban J connectivity index is 1.89. The van der Waals surface area contributed by atoms with Gasteiger partial charge in [0, 0.05) is 10.1 Å². The summed E-state index contributed by atoms with van der Waals surface area (Å²) in [6, 6.07) is 18.1. The molecule has 0 saturated heterocycles. The molecule has 2 aliphatic carbocycles. The third-order valence-electron chi connectivity index (χ3n) is 5.56. The maximum atomic E-state index is 14.2. The lowest BCUT2D eigenvalue weighted by Gasteiger charge is -2.40. The predicted molar refractivity (Wildman–Crippen MR) is 131 cm³/mol. The van der Waals surface area contributed by atoms with Crippen LogP contribution in [0.25, 0.3) is 0 Å². The molecule has 0 amide bonds. The first-order valence-corrected chi connectivity index (χ1v) is 12.6. The number of rotatable bonds is 4. The first kappa shape index (κ1) is 22.7. The Morgan fingerprint density at radius 1 is 0.645 bits per heavy atom. The Morgan fingerprint density at radius 2 is 1.00 bits per heavy atom. The summed E-state index contributed by atoms with van der Waals surface area (Å²) in [6.07, 6.45) is 9.41. The maximum absolute atomic E-state index is 14.2. The fraction of sp³-hybridized carbons (Fsp3) is 0.167.